The molecule has 1 aromatic carbocycles. The molecule has 4 nitrogen and oxygen atoms in total. The van der Waals surface area contributed by atoms with Crippen LogP contribution in [0.2, 0.25) is 0 Å². The summed E-state index contributed by atoms with van der Waals surface area (Å²) in [6, 6.07) is 4.06. The zero-order chi connectivity index (χ0) is 13.8. The predicted molar refractivity (Wildman–Crippen MR) is 70.7 cm³/mol. The molecule has 0 aliphatic carbocycles. The minimum Gasteiger partial charge on any atom is -0.486 e. The van der Waals surface area contributed by atoms with E-state index in [-0.39, 0.29) is 13.2 Å². The molecule has 1 heterocycles. The summed E-state index contributed by atoms with van der Waals surface area (Å²) in [5.74, 6) is 0.268. The standard InChI is InChI=1S/C13H15FN2O2S/c1-8(2)13-16-15-12(19-13)7-18-11-5-10(14)4-3-9(11)6-17/h3-5,8,17H,6-7H2,1-2H3. The molecule has 0 spiro atoms. The molecule has 1 aromatic heterocycles. The van der Waals surface area contributed by atoms with E-state index in [9.17, 15) is 4.39 Å². The van der Waals surface area contributed by atoms with Crippen molar-refractivity contribution >= 4 is 11.3 Å². The lowest BCUT2D eigenvalue weighted by molar-refractivity contribution is 0.257. The van der Waals surface area contributed by atoms with Gasteiger partial charge in [-0.15, -0.1) is 10.2 Å². The molecule has 0 aliphatic heterocycles. The minimum atomic E-state index is -0.396. The van der Waals surface area contributed by atoms with Gasteiger partial charge < -0.3 is 9.84 Å². The Kier molecular flexibility index (Phi) is 4.44. The van der Waals surface area contributed by atoms with Crippen molar-refractivity contribution in [1.29, 1.82) is 0 Å². The van der Waals surface area contributed by atoms with Gasteiger partial charge in [-0.1, -0.05) is 31.3 Å². The highest BCUT2D eigenvalue weighted by Gasteiger charge is 2.10. The molecule has 0 radical (unpaired) electrons. The maximum absolute atomic E-state index is 13.1. The molecule has 0 saturated carbocycles. The fourth-order valence-electron chi connectivity index (χ4n) is 1.49. The SMILES string of the molecule is CC(C)c1nnc(COc2cc(F)ccc2CO)s1. The zero-order valence-corrected chi connectivity index (χ0v) is 11.6. The van der Waals surface area contributed by atoms with Gasteiger partial charge in [-0.3, -0.25) is 0 Å². The Morgan fingerprint density at radius 1 is 1.37 bits per heavy atom. The summed E-state index contributed by atoms with van der Waals surface area (Å²) >= 11 is 1.47. The minimum absolute atomic E-state index is 0.191. The average Bonchev–Trinajstić information content (AvgIpc) is 2.85. The van der Waals surface area contributed by atoms with E-state index in [0.717, 1.165) is 10.0 Å². The second-order valence-electron chi connectivity index (χ2n) is 4.39. The van der Waals surface area contributed by atoms with E-state index < -0.39 is 5.82 Å². The Balaban J connectivity index is 2.07. The fraction of sp³-hybridized carbons (Fsp3) is 0.385. The van der Waals surface area contributed by atoms with Crippen molar-refractivity contribution < 1.29 is 14.2 Å². The molecule has 0 unspecified atom stereocenters. The number of halogens is 1. The van der Waals surface area contributed by atoms with Gasteiger partial charge in [0.1, 0.15) is 23.2 Å². The predicted octanol–water partition coefficient (Wildman–Crippen LogP) is 2.87. The molecule has 102 valence electrons. The Labute approximate surface area is 114 Å². The summed E-state index contributed by atoms with van der Waals surface area (Å²) in [5, 5.41) is 18.9. The number of nitrogens with zero attached hydrogens (tertiary/aromatic N) is 2. The van der Waals surface area contributed by atoms with Crippen LogP contribution in [-0.2, 0) is 13.2 Å². The molecule has 0 bridgehead atoms. The van der Waals surface area contributed by atoms with Crippen molar-refractivity contribution in [2.75, 3.05) is 0 Å². The number of aliphatic hydroxyl groups is 1. The Morgan fingerprint density at radius 3 is 2.79 bits per heavy atom. The summed E-state index contributed by atoms with van der Waals surface area (Å²) in [6.07, 6.45) is 0. The zero-order valence-electron chi connectivity index (χ0n) is 10.8. The van der Waals surface area contributed by atoms with Gasteiger partial charge in [0.2, 0.25) is 0 Å². The van der Waals surface area contributed by atoms with Crippen LogP contribution in [-0.4, -0.2) is 15.3 Å². The van der Waals surface area contributed by atoms with Gasteiger partial charge >= 0.3 is 0 Å². The lowest BCUT2D eigenvalue weighted by atomic mass is 10.2. The molecular formula is C13H15FN2O2S. The molecule has 0 atom stereocenters. The largest absolute Gasteiger partial charge is 0.486 e. The second kappa shape index (κ2) is 6.08. The highest BCUT2D eigenvalue weighted by atomic mass is 32.1. The van der Waals surface area contributed by atoms with Crippen LogP contribution in [0.1, 0.15) is 35.3 Å². The van der Waals surface area contributed by atoms with E-state index in [4.69, 9.17) is 9.84 Å². The highest BCUT2D eigenvalue weighted by molar-refractivity contribution is 7.11. The fourth-order valence-corrected chi connectivity index (χ4v) is 2.25. The van der Waals surface area contributed by atoms with Crippen LogP contribution in [0.25, 0.3) is 0 Å². The third-order valence-electron chi connectivity index (χ3n) is 2.53. The molecule has 2 aromatic rings. The Morgan fingerprint density at radius 2 is 2.16 bits per heavy atom. The van der Waals surface area contributed by atoms with E-state index in [1.54, 1.807) is 0 Å². The number of benzene rings is 1. The number of ether oxygens (including phenoxy) is 1. The van der Waals surface area contributed by atoms with Gasteiger partial charge in [0, 0.05) is 17.5 Å². The first kappa shape index (κ1) is 13.9. The quantitative estimate of drug-likeness (QED) is 0.916. The lowest BCUT2D eigenvalue weighted by Crippen LogP contribution is -1.99. The average molecular weight is 282 g/mol. The van der Waals surface area contributed by atoms with Gasteiger partial charge in [-0.25, -0.2) is 4.39 Å². The molecule has 0 saturated heterocycles. The molecule has 2 rings (SSSR count). The highest BCUT2D eigenvalue weighted by Crippen LogP contribution is 2.23. The van der Waals surface area contributed by atoms with Crippen molar-refractivity contribution in [3.63, 3.8) is 0 Å². The Bertz CT molecular complexity index is 557. The van der Waals surface area contributed by atoms with E-state index in [1.807, 2.05) is 13.8 Å². The summed E-state index contributed by atoms with van der Waals surface area (Å²) in [5.41, 5.74) is 0.551. The van der Waals surface area contributed by atoms with Crippen molar-refractivity contribution in [3.05, 3.63) is 39.6 Å². The topological polar surface area (TPSA) is 55.2 Å². The van der Waals surface area contributed by atoms with Crippen molar-refractivity contribution in [3.8, 4) is 5.75 Å². The van der Waals surface area contributed by atoms with Gasteiger partial charge in [0.05, 0.1) is 6.61 Å². The molecule has 0 amide bonds. The van der Waals surface area contributed by atoms with Crippen molar-refractivity contribution in [1.82, 2.24) is 10.2 Å². The molecule has 1 N–H and O–H groups in total. The normalized spacial score (nSPS) is 11.0. The summed E-state index contributed by atoms with van der Waals surface area (Å²) in [6.45, 7) is 4.12. The maximum atomic E-state index is 13.1. The number of aliphatic hydroxyl groups excluding tert-OH is 1. The van der Waals surface area contributed by atoms with Gasteiger partial charge in [-0.2, -0.15) is 0 Å². The lowest BCUT2D eigenvalue weighted by Gasteiger charge is -2.08. The van der Waals surface area contributed by atoms with Crippen LogP contribution < -0.4 is 4.74 Å². The van der Waals surface area contributed by atoms with Crippen LogP contribution in [0, 0.1) is 5.82 Å². The summed E-state index contributed by atoms with van der Waals surface area (Å²) < 4.78 is 18.6. The monoisotopic (exact) mass is 282 g/mol. The summed E-state index contributed by atoms with van der Waals surface area (Å²) in [4.78, 5) is 0. The number of aromatic nitrogens is 2. The second-order valence-corrected chi connectivity index (χ2v) is 5.48. The van der Waals surface area contributed by atoms with Crippen LogP contribution in [0.4, 0.5) is 4.39 Å². The molecule has 19 heavy (non-hydrogen) atoms. The van der Waals surface area contributed by atoms with Gasteiger partial charge in [0.15, 0.2) is 5.01 Å². The smallest absolute Gasteiger partial charge is 0.155 e. The number of hydrogen-bond donors (Lipinski definition) is 1. The van der Waals surface area contributed by atoms with E-state index in [0.29, 0.717) is 17.2 Å². The van der Waals surface area contributed by atoms with Crippen LogP contribution >= 0.6 is 11.3 Å². The van der Waals surface area contributed by atoms with Crippen LogP contribution in [0.5, 0.6) is 5.75 Å². The molecule has 6 heteroatoms. The first-order chi connectivity index (χ1) is 9.10. The number of hydrogen-bond acceptors (Lipinski definition) is 5. The molecule has 0 fully saturated rings. The maximum Gasteiger partial charge on any atom is 0.155 e. The first-order valence-electron chi connectivity index (χ1n) is 5.94. The van der Waals surface area contributed by atoms with E-state index >= 15 is 0 Å². The van der Waals surface area contributed by atoms with Crippen LogP contribution in [0.15, 0.2) is 18.2 Å². The van der Waals surface area contributed by atoms with Gasteiger partial charge in [0.25, 0.3) is 0 Å². The van der Waals surface area contributed by atoms with Crippen LogP contribution in [0.3, 0.4) is 0 Å². The first-order valence-corrected chi connectivity index (χ1v) is 6.76. The van der Waals surface area contributed by atoms with Crippen molar-refractivity contribution in [2.45, 2.75) is 33.0 Å². The molecule has 0 aliphatic rings. The van der Waals surface area contributed by atoms with Gasteiger partial charge in [-0.05, 0) is 6.07 Å². The van der Waals surface area contributed by atoms with E-state index in [1.165, 1.54) is 29.5 Å². The molecular weight excluding hydrogens is 267 g/mol. The third-order valence-corrected chi connectivity index (χ3v) is 3.72. The van der Waals surface area contributed by atoms with E-state index in [2.05, 4.69) is 10.2 Å². The van der Waals surface area contributed by atoms with Crippen molar-refractivity contribution in [2.24, 2.45) is 0 Å². The Hall–Kier alpha value is -1.53. The number of rotatable bonds is 5. The summed E-state index contributed by atoms with van der Waals surface area (Å²) in [7, 11) is 0. The third kappa shape index (κ3) is 3.48.